The second-order valence-corrected chi connectivity index (χ2v) is 4.71. The summed E-state index contributed by atoms with van der Waals surface area (Å²) in [6, 6.07) is 0. The van der Waals surface area contributed by atoms with Crippen LogP contribution in [0.3, 0.4) is 0 Å². The van der Waals surface area contributed by atoms with Gasteiger partial charge >= 0.3 is 0 Å². The standard InChI is InChI=1S/C11H18ClN5O/c1-2-13-10-14-9(12)15-11(16-10)17-5-3-8(7-17)4-6-18/h8,18H,2-7H2,1H3,(H,13,14,15,16). The Labute approximate surface area is 111 Å². The molecule has 1 saturated heterocycles. The number of nitrogens with one attached hydrogen (secondary N) is 1. The van der Waals surface area contributed by atoms with Gasteiger partial charge in [-0.3, -0.25) is 0 Å². The van der Waals surface area contributed by atoms with E-state index in [0.717, 1.165) is 32.5 Å². The summed E-state index contributed by atoms with van der Waals surface area (Å²) in [5.41, 5.74) is 0. The van der Waals surface area contributed by atoms with E-state index < -0.39 is 0 Å². The van der Waals surface area contributed by atoms with Crippen molar-refractivity contribution >= 4 is 23.5 Å². The summed E-state index contributed by atoms with van der Waals surface area (Å²) >= 11 is 5.89. The average Bonchev–Trinajstić information content (AvgIpc) is 2.78. The Balaban J connectivity index is 2.08. The first kappa shape index (κ1) is 13.3. The molecule has 1 aromatic rings. The van der Waals surface area contributed by atoms with Crippen LogP contribution in [0.1, 0.15) is 19.8 Å². The van der Waals surface area contributed by atoms with Gasteiger partial charge in [-0.1, -0.05) is 0 Å². The highest BCUT2D eigenvalue weighted by Gasteiger charge is 2.24. The zero-order chi connectivity index (χ0) is 13.0. The second-order valence-electron chi connectivity index (χ2n) is 4.37. The van der Waals surface area contributed by atoms with Crippen LogP contribution >= 0.6 is 11.6 Å². The van der Waals surface area contributed by atoms with Gasteiger partial charge in [0.05, 0.1) is 0 Å². The van der Waals surface area contributed by atoms with E-state index in [2.05, 4.69) is 25.2 Å². The van der Waals surface area contributed by atoms with Gasteiger partial charge in [-0.05, 0) is 37.3 Å². The minimum Gasteiger partial charge on any atom is -0.396 e. The molecule has 6 nitrogen and oxygen atoms in total. The maximum absolute atomic E-state index is 8.95. The van der Waals surface area contributed by atoms with Crippen molar-refractivity contribution in [1.29, 1.82) is 0 Å². The third-order valence-corrected chi connectivity index (χ3v) is 3.21. The van der Waals surface area contributed by atoms with Crippen LogP contribution in [0.15, 0.2) is 0 Å². The number of nitrogens with zero attached hydrogens (tertiary/aromatic N) is 4. The molecule has 0 radical (unpaired) electrons. The molecule has 1 atom stereocenters. The fourth-order valence-corrected chi connectivity index (χ4v) is 2.31. The van der Waals surface area contributed by atoms with Gasteiger partial charge < -0.3 is 15.3 Å². The van der Waals surface area contributed by atoms with E-state index in [1.165, 1.54) is 0 Å². The van der Waals surface area contributed by atoms with E-state index in [9.17, 15) is 0 Å². The third kappa shape index (κ3) is 3.20. The molecular weight excluding hydrogens is 254 g/mol. The zero-order valence-electron chi connectivity index (χ0n) is 10.4. The molecule has 2 N–H and O–H groups in total. The van der Waals surface area contributed by atoms with E-state index in [1.807, 2.05) is 6.92 Å². The topological polar surface area (TPSA) is 74.2 Å². The number of hydrogen-bond acceptors (Lipinski definition) is 6. The summed E-state index contributed by atoms with van der Waals surface area (Å²) in [7, 11) is 0. The van der Waals surface area contributed by atoms with Crippen LogP contribution in [-0.2, 0) is 0 Å². The Morgan fingerprint density at radius 1 is 1.44 bits per heavy atom. The summed E-state index contributed by atoms with van der Waals surface area (Å²) in [5.74, 6) is 1.64. The highest BCUT2D eigenvalue weighted by Crippen LogP contribution is 2.24. The van der Waals surface area contributed by atoms with Crippen LogP contribution in [0.4, 0.5) is 11.9 Å². The lowest BCUT2D eigenvalue weighted by atomic mass is 10.1. The van der Waals surface area contributed by atoms with E-state index in [0.29, 0.717) is 17.8 Å². The summed E-state index contributed by atoms with van der Waals surface area (Å²) in [6.07, 6.45) is 1.88. The normalized spacial score (nSPS) is 19.3. The molecule has 1 unspecified atom stereocenters. The molecule has 1 fully saturated rings. The van der Waals surface area contributed by atoms with Crippen LogP contribution < -0.4 is 10.2 Å². The van der Waals surface area contributed by atoms with E-state index in [1.54, 1.807) is 0 Å². The summed E-state index contributed by atoms with van der Waals surface area (Å²) in [5, 5.41) is 12.2. The number of aliphatic hydroxyl groups is 1. The minimum atomic E-state index is 0.210. The van der Waals surface area contributed by atoms with Gasteiger partial charge in [0.15, 0.2) is 0 Å². The lowest BCUT2D eigenvalue weighted by molar-refractivity contribution is 0.263. The molecule has 0 bridgehead atoms. The Bertz CT molecular complexity index is 403. The predicted octanol–water partition coefficient (Wildman–Crippen LogP) is 1.17. The number of aliphatic hydroxyl groups excluding tert-OH is 1. The molecule has 2 rings (SSSR count). The molecule has 18 heavy (non-hydrogen) atoms. The quantitative estimate of drug-likeness (QED) is 0.837. The Morgan fingerprint density at radius 2 is 2.28 bits per heavy atom. The molecule has 0 spiro atoms. The van der Waals surface area contributed by atoms with Gasteiger partial charge in [-0.15, -0.1) is 0 Å². The number of anilines is 2. The van der Waals surface area contributed by atoms with Gasteiger partial charge in [0, 0.05) is 26.2 Å². The molecule has 1 aromatic heterocycles. The third-order valence-electron chi connectivity index (χ3n) is 3.04. The van der Waals surface area contributed by atoms with Crippen molar-refractivity contribution in [3.8, 4) is 0 Å². The molecule has 2 heterocycles. The van der Waals surface area contributed by atoms with Crippen molar-refractivity contribution in [3.63, 3.8) is 0 Å². The minimum absolute atomic E-state index is 0.210. The highest BCUT2D eigenvalue weighted by molar-refractivity contribution is 6.28. The van der Waals surface area contributed by atoms with Crippen LogP contribution in [0.2, 0.25) is 5.28 Å². The van der Waals surface area contributed by atoms with Crippen molar-refractivity contribution < 1.29 is 5.11 Å². The van der Waals surface area contributed by atoms with Gasteiger partial charge in [0.1, 0.15) is 0 Å². The van der Waals surface area contributed by atoms with Crippen molar-refractivity contribution in [1.82, 2.24) is 15.0 Å². The predicted molar refractivity (Wildman–Crippen MR) is 71.0 cm³/mol. The van der Waals surface area contributed by atoms with E-state index >= 15 is 0 Å². The maximum atomic E-state index is 8.95. The number of aromatic nitrogens is 3. The Kier molecular flexibility index (Phi) is 4.54. The molecule has 0 amide bonds. The van der Waals surface area contributed by atoms with E-state index in [4.69, 9.17) is 16.7 Å². The van der Waals surface area contributed by atoms with Gasteiger partial charge in [-0.25, -0.2) is 0 Å². The van der Waals surface area contributed by atoms with Crippen LogP contribution in [-0.4, -0.2) is 46.3 Å². The first-order valence-corrected chi connectivity index (χ1v) is 6.62. The monoisotopic (exact) mass is 271 g/mol. The van der Waals surface area contributed by atoms with Gasteiger partial charge in [-0.2, -0.15) is 15.0 Å². The van der Waals surface area contributed by atoms with E-state index in [-0.39, 0.29) is 11.9 Å². The summed E-state index contributed by atoms with van der Waals surface area (Å²) < 4.78 is 0. The van der Waals surface area contributed by atoms with Crippen LogP contribution in [0.25, 0.3) is 0 Å². The van der Waals surface area contributed by atoms with Crippen LogP contribution in [0.5, 0.6) is 0 Å². The van der Waals surface area contributed by atoms with Crippen LogP contribution in [0, 0.1) is 5.92 Å². The molecule has 0 aliphatic carbocycles. The Hall–Kier alpha value is -1.14. The maximum Gasteiger partial charge on any atom is 0.231 e. The highest BCUT2D eigenvalue weighted by atomic mass is 35.5. The summed E-state index contributed by atoms with van der Waals surface area (Å²) in [4.78, 5) is 14.6. The molecule has 1 aliphatic rings. The largest absolute Gasteiger partial charge is 0.396 e. The van der Waals surface area contributed by atoms with Crippen molar-refractivity contribution in [2.45, 2.75) is 19.8 Å². The zero-order valence-corrected chi connectivity index (χ0v) is 11.2. The van der Waals surface area contributed by atoms with Gasteiger partial charge in [0.25, 0.3) is 0 Å². The molecular formula is C11H18ClN5O. The Morgan fingerprint density at radius 3 is 3.00 bits per heavy atom. The summed E-state index contributed by atoms with van der Waals surface area (Å²) in [6.45, 7) is 4.72. The average molecular weight is 272 g/mol. The lowest BCUT2D eigenvalue weighted by Gasteiger charge is -2.16. The molecule has 0 saturated carbocycles. The molecule has 7 heteroatoms. The number of halogens is 1. The molecule has 1 aliphatic heterocycles. The fourth-order valence-electron chi connectivity index (χ4n) is 2.15. The molecule has 0 aromatic carbocycles. The molecule has 100 valence electrons. The first-order valence-electron chi connectivity index (χ1n) is 6.24. The SMILES string of the molecule is CCNc1nc(Cl)nc(N2CCC(CCO)C2)n1. The van der Waals surface area contributed by atoms with Crippen molar-refractivity contribution in [2.75, 3.05) is 36.5 Å². The fraction of sp³-hybridized carbons (Fsp3) is 0.727. The van der Waals surface area contributed by atoms with Gasteiger partial charge in [0.2, 0.25) is 17.2 Å². The second kappa shape index (κ2) is 6.15. The van der Waals surface area contributed by atoms with Crippen molar-refractivity contribution in [2.24, 2.45) is 5.92 Å². The van der Waals surface area contributed by atoms with Crippen molar-refractivity contribution in [3.05, 3.63) is 5.28 Å². The lowest BCUT2D eigenvalue weighted by Crippen LogP contribution is -2.23. The number of hydrogen-bond donors (Lipinski definition) is 2. The number of rotatable bonds is 5. The first-order chi connectivity index (χ1) is 8.72. The smallest absolute Gasteiger partial charge is 0.231 e.